The Bertz CT molecular complexity index is 1810. The molecule has 0 radical (unpaired) electrons. The van der Waals surface area contributed by atoms with E-state index >= 15 is 0 Å². The fourth-order valence-electron chi connectivity index (χ4n) is 8.20. The van der Waals surface area contributed by atoms with Gasteiger partial charge in [0, 0.05) is 11.5 Å². The average molecular weight is 605 g/mol. The third-order valence-electron chi connectivity index (χ3n) is 10.4. The van der Waals surface area contributed by atoms with Gasteiger partial charge in [0.1, 0.15) is 0 Å². The van der Waals surface area contributed by atoms with Gasteiger partial charge in [0.25, 0.3) is 0 Å². The molecule has 3 aromatic rings. The third-order valence-corrected chi connectivity index (χ3v) is 10.4. The van der Waals surface area contributed by atoms with Gasteiger partial charge in [-0.05, 0) is 86.7 Å². The Hall–Kier alpha value is -5.05. The molecule has 6 unspecified atom stereocenters. The summed E-state index contributed by atoms with van der Waals surface area (Å²) in [6.07, 6.45) is 2.49. The molecule has 4 amide bonds. The van der Waals surface area contributed by atoms with E-state index in [0.717, 1.165) is 5.57 Å². The molecule has 7 rings (SSSR count). The SMILES string of the molecule is COc1ccc(C2C3=CCC4C(=O)N(c5ccc(C(C)=O)cc5)C(=O)C4C3CC3C(=O)N(c4ccccc4)C(=O)C32C)cc1O. The summed E-state index contributed by atoms with van der Waals surface area (Å²) in [6.45, 7) is 3.26. The minimum atomic E-state index is -1.21. The van der Waals surface area contributed by atoms with Crippen LogP contribution in [-0.2, 0) is 19.2 Å². The number of fused-ring (bicyclic) bond motifs is 4. The number of para-hydroxylation sites is 1. The maximum absolute atomic E-state index is 14.4. The molecule has 3 fully saturated rings. The van der Waals surface area contributed by atoms with Gasteiger partial charge in [-0.15, -0.1) is 0 Å². The van der Waals surface area contributed by atoms with Gasteiger partial charge in [-0.2, -0.15) is 0 Å². The van der Waals surface area contributed by atoms with E-state index in [9.17, 15) is 29.1 Å². The average Bonchev–Trinajstić information content (AvgIpc) is 3.40. The van der Waals surface area contributed by atoms with Gasteiger partial charge < -0.3 is 9.84 Å². The molecular weight excluding hydrogens is 572 g/mol. The van der Waals surface area contributed by atoms with Crippen LogP contribution in [0, 0.1) is 29.1 Å². The first-order valence-electron chi connectivity index (χ1n) is 15.1. The molecule has 4 aliphatic rings. The van der Waals surface area contributed by atoms with E-state index in [4.69, 9.17) is 4.74 Å². The quantitative estimate of drug-likeness (QED) is 0.246. The lowest BCUT2D eigenvalue weighted by Crippen LogP contribution is -2.48. The zero-order chi connectivity index (χ0) is 31.8. The number of carbonyl (C=O) groups excluding carboxylic acids is 5. The Morgan fingerprint density at radius 2 is 1.56 bits per heavy atom. The Morgan fingerprint density at radius 3 is 2.20 bits per heavy atom. The number of allylic oxidation sites excluding steroid dienone is 2. The van der Waals surface area contributed by atoms with E-state index in [1.807, 2.05) is 12.1 Å². The minimum absolute atomic E-state index is 0.101. The van der Waals surface area contributed by atoms with Crippen molar-refractivity contribution >= 4 is 40.8 Å². The van der Waals surface area contributed by atoms with Crippen molar-refractivity contribution in [3.05, 3.63) is 95.6 Å². The summed E-state index contributed by atoms with van der Waals surface area (Å²) in [5.74, 6) is -4.55. The van der Waals surface area contributed by atoms with Crippen molar-refractivity contribution in [2.45, 2.75) is 32.6 Å². The molecule has 2 heterocycles. The topological polar surface area (TPSA) is 121 Å². The van der Waals surface area contributed by atoms with Gasteiger partial charge in [0.2, 0.25) is 23.6 Å². The number of ether oxygens (including phenoxy) is 1. The number of phenolic OH excluding ortho intramolecular Hbond substituents is 1. The number of benzene rings is 3. The molecule has 0 aromatic heterocycles. The van der Waals surface area contributed by atoms with Crippen molar-refractivity contribution in [2.75, 3.05) is 16.9 Å². The first-order valence-corrected chi connectivity index (χ1v) is 15.1. The van der Waals surface area contributed by atoms with Crippen LogP contribution in [0.2, 0.25) is 0 Å². The lowest BCUT2D eigenvalue weighted by molar-refractivity contribution is -0.131. The first-order chi connectivity index (χ1) is 21.6. The van der Waals surface area contributed by atoms with Crippen LogP contribution in [0.4, 0.5) is 11.4 Å². The number of carbonyl (C=O) groups is 5. The van der Waals surface area contributed by atoms with Gasteiger partial charge in [0.15, 0.2) is 17.3 Å². The number of rotatable bonds is 5. The number of phenols is 1. The zero-order valence-corrected chi connectivity index (χ0v) is 25.1. The van der Waals surface area contributed by atoms with E-state index in [2.05, 4.69) is 0 Å². The van der Waals surface area contributed by atoms with Crippen LogP contribution in [0.3, 0.4) is 0 Å². The molecular formula is C36H32N2O7. The molecule has 6 atom stereocenters. The van der Waals surface area contributed by atoms with Crippen molar-refractivity contribution < 1.29 is 33.8 Å². The largest absolute Gasteiger partial charge is 0.504 e. The lowest BCUT2D eigenvalue weighted by Gasteiger charge is -2.49. The van der Waals surface area contributed by atoms with Crippen molar-refractivity contribution in [2.24, 2.45) is 29.1 Å². The van der Waals surface area contributed by atoms with E-state index in [1.54, 1.807) is 73.7 Å². The van der Waals surface area contributed by atoms with E-state index in [1.165, 1.54) is 23.8 Å². The molecule has 1 saturated carbocycles. The third kappa shape index (κ3) is 4.02. The molecule has 2 aliphatic heterocycles. The molecule has 2 saturated heterocycles. The second-order valence-electron chi connectivity index (χ2n) is 12.5. The Balaban J connectivity index is 1.35. The van der Waals surface area contributed by atoms with E-state index in [-0.39, 0.29) is 47.3 Å². The number of hydrogen-bond donors (Lipinski definition) is 1. The monoisotopic (exact) mass is 604 g/mol. The van der Waals surface area contributed by atoms with Crippen LogP contribution in [0.25, 0.3) is 0 Å². The van der Waals surface area contributed by atoms with Gasteiger partial charge in [-0.3, -0.25) is 28.9 Å². The van der Waals surface area contributed by atoms with Crippen LogP contribution in [0.5, 0.6) is 11.5 Å². The molecule has 0 spiro atoms. The highest BCUT2D eigenvalue weighted by molar-refractivity contribution is 6.25. The van der Waals surface area contributed by atoms with Crippen molar-refractivity contribution in [3.8, 4) is 11.5 Å². The molecule has 1 N–H and O–H groups in total. The number of ketones is 1. The molecule has 228 valence electrons. The van der Waals surface area contributed by atoms with Crippen molar-refractivity contribution in [1.29, 1.82) is 0 Å². The summed E-state index contributed by atoms with van der Waals surface area (Å²) >= 11 is 0. The zero-order valence-electron chi connectivity index (χ0n) is 25.1. The van der Waals surface area contributed by atoms with Crippen LogP contribution in [-0.4, -0.2) is 41.6 Å². The predicted molar refractivity (Wildman–Crippen MR) is 165 cm³/mol. The van der Waals surface area contributed by atoms with Crippen molar-refractivity contribution in [1.82, 2.24) is 0 Å². The number of Topliss-reactive ketones (excluding diaryl/α,β-unsaturated/α-hetero) is 1. The smallest absolute Gasteiger partial charge is 0.241 e. The summed E-state index contributed by atoms with van der Waals surface area (Å²) in [6, 6.07) is 20.2. The number of imide groups is 2. The predicted octanol–water partition coefficient (Wildman–Crippen LogP) is 5.04. The number of amides is 4. The fourth-order valence-corrected chi connectivity index (χ4v) is 8.20. The van der Waals surface area contributed by atoms with Crippen LogP contribution < -0.4 is 14.5 Å². The van der Waals surface area contributed by atoms with Gasteiger partial charge in [-0.25, -0.2) is 4.90 Å². The number of anilines is 2. The Kier molecular flexibility index (Phi) is 6.54. The number of nitrogens with zero attached hydrogens (tertiary/aromatic N) is 2. The van der Waals surface area contributed by atoms with Gasteiger partial charge in [-0.1, -0.05) is 35.9 Å². The first kappa shape index (κ1) is 28.7. The number of hydrogen-bond acceptors (Lipinski definition) is 7. The highest BCUT2D eigenvalue weighted by atomic mass is 16.5. The molecule has 9 heteroatoms. The van der Waals surface area contributed by atoms with E-state index in [0.29, 0.717) is 28.9 Å². The normalized spacial score (nSPS) is 28.9. The highest BCUT2D eigenvalue weighted by Crippen LogP contribution is 2.64. The molecule has 45 heavy (non-hydrogen) atoms. The molecule has 9 nitrogen and oxygen atoms in total. The van der Waals surface area contributed by atoms with Crippen LogP contribution in [0.1, 0.15) is 48.5 Å². The summed E-state index contributed by atoms with van der Waals surface area (Å²) in [4.78, 5) is 70.9. The summed E-state index contributed by atoms with van der Waals surface area (Å²) in [5, 5.41) is 10.8. The summed E-state index contributed by atoms with van der Waals surface area (Å²) in [7, 11) is 1.45. The number of methoxy groups -OCH3 is 1. The standard InChI is InChI=1S/C36H32N2O7/c1-19(39)20-9-12-23(13-10-20)37-32(41)25-15-14-24-26(30(25)34(37)43)18-27-33(42)38(22-7-5-4-6-8-22)35(44)36(27,2)31(24)21-11-16-29(45-3)28(40)17-21/h4-14,16-17,25-27,30-31,40H,15,18H2,1-3H3. The van der Waals surface area contributed by atoms with Crippen LogP contribution >= 0.6 is 0 Å². The van der Waals surface area contributed by atoms with Crippen molar-refractivity contribution in [3.63, 3.8) is 0 Å². The van der Waals surface area contributed by atoms with Crippen LogP contribution in [0.15, 0.2) is 84.4 Å². The minimum Gasteiger partial charge on any atom is -0.504 e. The fraction of sp³-hybridized carbons (Fsp3) is 0.306. The summed E-state index contributed by atoms with van der Waals surface area (Å²) in [5.41, 5.74) is 1.58. The summed E-state index contributed by atoms with van der Waals surface area (Å²) < 4.78 is 5.28. The highest BCUT2D eigenvalue weighted by Gasteiger charge is 2.67. The Morgan fingerprint density at radius 1 is 0.867 bits per heavy atom. The molecule has 3 aromatic carbocycles. The maximum Gasteiger partial charge on any atom is 0.241 e. The van der Waals surface area contributed by atoms with Gasteiger partial charge >= 0.3 is 0 Å². The lowest BCUT2D eigenvalue weighted by atomic mass is 9.51. The second kappa shape index (κ2) is 10.3. The van der Waals surface area contributed by atoms with E-state index < -0.39 is 35.0 Å². The van der Waals surface area contributed by atoms with Gasteiger partial charge in [0.05, 0.1) is 41.7 Å². The molecule has 2 aliphatic carbocycles. The second-order valence-corrected chi connectivity index (χ2v) is 12.5. The Labute approximate surface area is 260 Å². The number of aromatic hydroxyl groups is 1. The molecule has 0 bridgehead atoms. The maximum atomic E-state index is 14.4.